The summed E-state index contributed by atoms with van der Waals surface area (Å²) in [6.07, 6.45) is 0.937. The van der Waals surface area contributed by atoms with Gasteiger partial charge >= 0.3 is 6.03 Å². The number of carbonyl (C=O) groups excluding carboxylic acids is 1. The number of hydrogen-bond donors (Lipinski definition) is 2. The average Bonchev–Trinajstić information content (AvgIpc) is 3.04. The van der Waals surface area contributed by atoms with Crippen LogP contribution in [-0.2, 0) is 4.74 Å². The van der Waals surface area contributed by atoms with Crippen LogP contribution in [-0.4, -0.2) is 50.3 Å². The van der Waals surface area contributed by atoms with E-state index in [2.05, 4.69) is 15.5 Å². The number of morpholine rings is 1. The molecule has 0 aliphatic carbocycles. The van der Waals surface area contributed by atoms with Crippen molar-refractivity contribution in [1.29, 1.82) is 0 Å². The number of carbonyl (C=O) groups is 1. The van der Waals surface area contributed by atoms with E-state index in [-0.39, 0.29) is 12.1 Å². The fourth-order valence-electron chi connectivity index (χ4n) is 2.86. The van der Waals surface area contributed by atoms with Crippen LogP contribution in [0, 0.1) is 0 Å². The maximum Gasteiger partial charge on any atom is 0.315 e. The maximum absolute atomic E-state index is 12.0. The van der Waals surface area contributed by atoms with Gasteiger partial charge in [-0.2, -0.15) is 0 Å². The lowest BCUT2D eigenvalue weighted by Crippen LogP contribution is -2.40. The lowest BCUT2D eigenvalue weighted by Gasteiger charge is -2.26. The van der Waals surface area contributed by atoms with E-state index in [1.807, 2.05) is 37.3 Å². The summed E-state index contributed by atoms with van der Waals surface area (Å²) in [5.74, 6) is 0.764. The SMILES string of the molecule is CC(NC(=O)NCCCN1CCOCC1)c1cc2ccccc2o1. The quantitative estimate of drug-likeness (QED) is 0.798. The van der Waals surface area contributed by atoms with Crippen molar-refractivity contribution in [3.8, 4) is 0 Å². The molecule has 2 heterocycles. The minimum Gasteiger partial charge on any atom is -0.459 e. The van der Waals surface area contributed by atoms with Crippen molar-refractivity contribution in [3.63, 3.8) is 0 Å². The second kappa shape index (κ2) is 8.17. The molecule has 6 heteroatoms. The summed E-state index contributed by atoms with van der Waals surface area (Å²) in [6.45, 7) is 7.15. The van der Waals surface area contributed by atoms with Crippen molar-refractivity contribution in [2.75, 3.05) is 39.4 Å². The summed E-state index contributed by atoms with van der Waals surface area (Å²) in [5, 5.41) is 6.87. The molecular formula is C18H25N3O3. The molecule has 1 fully saturated rings. The van der Waals surface area contributed by atoms with Gasteiger partial charge in [0.1, 0.15) is 11.3 Å². The van der Waals surface area contributed by atoms with E-state index in [1.165, 1.54) is 0 Å². The van der Waals surface area contributed by atoms with E-state index in [1.54, 1.807) is 0 Å². The maximum atomic E-state index is 12.0. The normalized spacial score (nSPS) is 16.9. The van der Waals surface area contributed by atoms with Crippen LogP contribution in [0.15, 0.2) is 34.7 Å². The molecule has 1 aliphatic rings. The predicted molar refractivity (Wildman–Crippen MR) is 93.0 cm³/mol. The molecule has 6 nitrogen and oxygen atoms in total. The summed E-state index contributed by atoms with van der Waals surface area (Å²) in [6, 6.07) is 9.48. The number of ether oxygens (including phenoxy) is 1. The first-order valence-electron chi connectivity index (χ1n) is 8.55. The standard InChI is InChI=1S/C18H25N3O3/c1-14(17-13-15-5-2-3-6-16(15)24-17)20-18(22)19-7-4-8-21-9-11-23-12-10-21/h2-3,5-6,13-14H,4,7-12H2,1H3,(H2,19,20,22). The van der Waals surface area contributed by atoms with Crippen molar-refractivity contribution in [1.82, 2.24) is 15.5 Å². The summed E-state index contributed by atoms with van der Waals surface area (Å²) < 4.78 is 11.1. The Balaban J connectivity index is 1.39. The largest absolute Gasteiger partial charge is 0.459 e. The first kappa shape index (κ1) is 16.8. The molecule has 2 amide bonds. The average molecular weight is 331 g/mol. The molecule has 24 heavy (non-hydrogen) atoms. The van der Waals surface area contributed by atoms with Crippen LogP contribution in [0.1, 0.15) is 25.1 Å². The second-order valence-corrected chi connectivity index (χ2v) is 6.12. The number of amides is 2. The molecule has 1 unspecified atom stereocenters. The zero-order chi connectivity index (χ0) is 16.8. The molecule has 1 atom stereocenters. The molecule has 2 N–H and O–H groups in total. The number of nitrogens with zero attached hydrogens (tertiary/aromatic N) is 1. The van der Waals surface area contributed by atoms with Crippen molar-refractivity contribution in [2.24, 2.45) is 0 Å². The highest BCUT2D eigenvalue weighted by Crippen LogP contribution is 2.23. The molecular weight excluding hydrogens is 306 g/mol. The van der Waals surface area contributed by atoms with E-state index in [0.717, 1.165) is 56.0 Å². The Kier molecular flexibility index (Phi) is 5.72. The van der Waals surface area contributed by atoms with Gasteiger partial charge in [0.2, 0.25) is 0 Å². The van der Waals surface area contributed by atoms with E-state index in [4.69, 9.17) is 9.15 Å². The Labute approximate surface area is 142 Å². The van der Waals surface area contributed by atoms with Crippen LogP contribution in [0.3, 0.4) is 0 Å². The predicted octanol–water partition coefficient (Wildman–Crippen LogP) is 2.52. The van der Waals surface area contributed by atoms with Crippen molar-refractivity contribution in [3.05, 3.63) is 36.1 Å². The minimum atomic E-state index is -0.170. The molecule has 0 radical (unpaired) electrons. The number of benzene rings is 1. The van der Waals surface area contributed by atoms with E-state index < -0.39 is 0 Å². The minimum absolute atomic E-state index is 0.162. The van der Waals surface area contributed by atoms with Crippen LogP contribution < -0.4 is 10.6 Å². The fraction of sp³-hybridized carbons (Fsp3) is 0.500. The van der Waals surface area contributed by atoms with Crippen LogP contribution in [0.25, 0.3) is 11.0 Å². The van der Waals surface area contributed by atoms with Gasteiger partial charge in [-0.05, 0) is 32.0 Å². The van der Waals surface area contributed by atoms with Gasteiger partial charge in [-0.25, -0.2) is 4.79 Å². The number of nitrogens with one attached hydrogen (secondary N) is 2. The highest BCUT2D eigenvalue weighted by atomic mass is 16.5. The number of para-hydroxylation sites is 1. The first-order chi connectivity index (χ1) is 11.7. The van der Waals surface area contributed by atoms with Crippen molar-refractivity contribution in [2.45, 2.75) is 19.4 Å². The van der Waals surface area contributed by atoms with Gasteiger partial charge in [0, 0.05) is 25.0 Å². The van der Waals surface area contributed by atoms with Crippen LogP contribution in [0.2, 0.25) is 0 Å². The number of hydrogen-bond acceptors (Lipinski definition) is 4. The topological polar surface area (TPSA) is 66.7 Å². The van der Waals surface area contributed by atoms with Crippen LogP contribution in [0.5, 0.6) is 0 Å². The third-order valence-electron chi connectivity index (χ3n) is 4.26. The Hall–Kier alpha value is -2.05. The second-order valence-electron chi connectivity index (χ2n) is 6.12. The number of furan rings is 1. The number of urea groups is 1. The van der Waals surface area contributed by atoms with Gasteiger partial charge < -0.3 is 19.8 Å². The van der Waals surface area contributed by atoms with Crippen molar-refractivity contribution >= 4 is 17.0 Å². The highest BCUT2D eigenvalue weighted by molar-refractivity contribution is 5.78. The summed E-state index contributed by atoms with van der Waals surface area (Å²) in [7, 11) is 0. The first-order valence-corrected chi connectivity index (χ1v) is 8.55. The molecule has 2 aromatic rings. The third kappa shape index (κ3) is 4.49. The molecule has 1 aromatic heterocycles. The van der Waals surface area contributed by atoms with E-state index in [9.17, 15) is 4.79 Å². The molecule has 0 bridgehead atoms. The summed E-state index contributed by atoms with van der Waals surface area (Å²) in [4.78, 5) is 14.4. The third-order valence-corrected chi connectivity index (χ3v) is 4.26. The summed E-state index contributed by atoms with van der Waals surface area (Å²) >= 11 is 0. The Morgan fingerprint density at radius 2 is 2.08 bits per heavy atom. The van der Waals surface area contributed by atoms with Gasteiger partial charge in [-0.1, -0.05) is 18.2 Å². The lowest BCUT2D eigenvalue weighted by molar-refractivity contribution is 0.0375. The molecule has 0 saturated carbocycles. The van der Waals surface area contributed by atoms with Gasteiger partial charge in [0.25, 0.3) is 0 Å². The van der Waals surface area contributed by atoms with Gasteiger partial charge in [-0.3, -0.25) is 4.90 Å². The van der Waals surface area contributed by atoms with Gasteiger partial charge in [0.05, 0.1) is 19.3 Å². The Morgan fingerprint density at radius 3 is 2.88 bits per heavy atom. The van der Waals surface area contributed by atoms with Crippen LogP contribution >= 0.6 is 0 Å². The Bertz CT molecular complexity index is 631. The molecule has 130 valence electrons. The van der Waals surface area contributed by atoms with E-state index in [0.29, 0.717) is 6.54 Å². The molecule has 3 rings (SSSR count). The van der Waals surface area contributed by atoms with Crippen LogP contribution in [0.4, 0.5) is 4.79 Å². The van der Waals surface area contributed by atoms with Crippen molar-refractivity contribution < 1.29 is 13.9 Å². The molecule has 0 spiro atoms. The Morgan fingerprint density at radius 1 is 1.29 bits per heavy atom. The highest BCUT2D eigenvalue weighted by Gasteiger charge is 2.14. The fourth-order valence-corrected chi connectivity index (χ4v) is 2.86. The molecule has 1 saturated heterocycles. The molecule has 1 aliphatic heterocycles. The number of fused-ring (bicyclic) bond motifs is 1. The van der Waals surface area contributed by atoms with E-state index >= 15 is 0 Å². The molecule has 1 aromatic carbocycles. The smallest absolute Gasteiger partial charge is 0.315 e. The number of rotatable bonds is 6. The monoisotopic (exact) mass is 331 g/mol. The van der Waals surface area contributed by atoms with Gasteiger partial charge in [0.15, 0.2) is 0 Å². The zero-order valence-electron chi connectivity index (χ0n) is 14.1. The zero-order valence-corrected chi connectivity index (χ0v) is 14.1. The summed E-state index contributed by atoms with van der Waals surface area (Å²) in [5.41, 5.74) is 0.840. The lowest BCUT2D eigenvalue weighted by atomic mass is 10.2. The van der Waals surface area contributed by atoms with Gasteiger partial charge in [-0.15, -0.1) is 0 Å².